The summed E-state index contributed by atoms with van der Waals surface area (Å²) in [5.74, 6) is 1.31. The van der Waals surface area contributed by atoms with Gasteiger partial charge in [-0.15, -0.1) is 0 Å². The number of benzene rings is 1. The van der Waals surface area contributed by atoms with Crippen LogP contribution < -0.4 is 0 Å². The highest BCUT2D eigenvalue weighted by Crippen LogP contribution is 2.24. The Morgan fingerprint density at radius 2 is 2.22 bits per heavy atom. The minimum Gasteiger partial charge on any atom is -0.508 e. The SMILES string of the molecule is COCCCc1noc(-c2ccc(C)c(O)c2)n1. The van der Waals surface area contributed by atoms with E-state index in [-0.39, 0.29) is 5.75 Å². The first kappa shape index (κ1) is 12.6. The average Bonchev–Trinajstić information content (AvgIpc) is 2.82. The molecule has 0 aliphatic heterocycles. The first-order valence-corrected chi connectivity index (χ1v) is 5.82. The van der Waals surface area contributed by atoms with Gasteiger partial charge in [-0.25, -0.2) is 0 Å². The highest BCUT2D eigenvalue weighted by molar-refractivity contribution is 5.57. The topological polar surface area (TPSA) is 68.4 Å². The molecule has 5 nitrogen and oxygen atoms in total. The number of phenolic OH excluding ortho intramolecular Hbond substituents is 1. The van der Waals surface area contributed by atoms with Crippen LogP contribution >= 0.6 is 0 Å². The van der Waals surface area contributed by atoms with Gasteiger partial charge in [0.1, 0.15) is 5.75 Å². The van der Waals surface area contributed by atoms with Crippen LogP contribution in [0.4, 0.5) is 0 Å². The summed E-state index contributed by atoms with van der Waals surface area (Å²) < 4.78 is 10.1. The van der Waals surface area contributed by atoms with Gasteiger partial charge in [-0.05, 0) is 31.0 Å². The number of rotatable bonds is 5. The molecule has 18 heavy (non-hydrogen) atoms. The van der Waals surface area contributed by atoms with E-state index in [1.165, 1.54) is 0 Å². The number of nitrogens with zero attached hydrogens (tertiary/aromatic N) is 2. The maximum Gasteiger partial charge on any atom is 0.258 e. The third kappa shape index (κ3) is 2.87. The van der Waals surface area contributed by atoms with Crippen molar-refractivity contribution in [3.63, 3.8) is 0 Å². The van der Waals surface area contributed by atoms with Crippen LogP contribution in [0.25, 0.3) is 11.5 Å². The van der Waals surface area contributed by atoms with Crippen LogP contribution in [-0.4, -0.2) is 29.0 Å². The number of methoxy groups -OCH3 is 1. The molecule has 0 atom stereocenters. The molecule has 96 valence electrons. The molecule has 0 fully saturated rings. The predicted molar refractivity (Wildman–Crippen MR) is 66.3 cm³/mol. The second-order valence-electron chi connectivity index (χ2n) is 4.11. The van der Waals surface area contributed by atoms with Gasteiger partial charge in [0.25, 0.3) is 5.89 Å². The molecule has 2 aromatic rings. The van der Waals surface area contributed by atoms with Crippen LogP contribution in [0.1, 0.15) is 17.8 Å². The quantitative estimate of drug-likeness (QED) is 0.822. The number of hydrogen-bond acceptors (Lipinski definition) is 5. The Kier molecular flexibility index (Phi) is 3.94. The van der Waals surface area contributed by atoms with E-state index >= 15 is 0 Å². The molecule has 0 spiro atoms. The van der Waals surface area contributed by atoms with Gasteiger partial charge in [0.2, 0.25) is 0 Å². The molecule has 0 radical (unpaired) electrons. The maximum atomic E-state index is 9.64. The van der Waals surface area contributed by atoms with Gasteiger partial charge in [-0.2, -0.15) is 4.98 Å². The second-order valence-corrected chi connectivity index (χ2v) is 4.11. The van der Waals surface area contributed by atoms with E-state index in [1.807, 2.05) is 19.1 Å². The Balaban J connectivity index is 2.11. The highest BCUT2D eigenvalue weighted by atomic mass is 16.5. The lowest BCUT2D eigenvalue weighted by atomic mass is 10.1. The summed E-state index contributed by atoms with van der Waals surface area (Å²) in [6, 6.07) is 5.29. The molecule has 1 aromatic carbocycles. The summed E-state index contributed by atoms with van der Waals surface area (Å²) >= 11 is 0. The Bertz CT molecular complexity index is 523. The van der Waals surface area contributed by atoms with Crippen LogP contribution in [0.2, 0.25) is 0 Å². The molecule has 0 saturated heterocycles. The summed E-state index contributed by atoms with van der Waals surface area (Å²) in [5, 5.41) is 13.5. The zero-order valence-electron chi connectivity index (χ0n) is 10.5. The number of aryl methyl sites for hydroxylation is 2. The highest BCUT2D eigenvalue weighted by Gasteiger charge is 2.09. The predicted octanol–water partition coefficient (Wildman–Crippen LogP) is 2.33. The molecule has 5 heteroatoms. The number of phenols is 1. The van der Waals surface area contributed by atoms with E-state index in [9.17, 15) is 5.11 Å². The van der Waals surface area contributed by atoms with Crippen LogP contribution in [0.5, 0.6) is 5.75 Å². The van der Waals surface area contributed by atoms with Gasteiger partial charge in [-0.3, -0.25) is 0 Å². The Hall–Kier alpha value is -1.88. The fraction of sp³-hybridized carbons (Fsp3) is 0.385. The van der Waals surface area contributed by atoms with E-state index in [0.717, 1.165) is 24.0 Å². The van der Waals surface area contributed by atoms with Crippen LogP contribution in [-0.2, 0) is 11.2 Å². The molecule has 0 amide bonds. The van der Waals surface area contributed by atoms with Gasteiger partial charge >= 0.3 is 0 Å². The Morgan fingerprint density at radius 3 is 2.94 bits per heavy atom. The third-order valence-corrected chi connectivity index (χ3v) is 2.67. The zero-order valence-corrected chi connectivity index (χ0v) is 10.5. The second kappa shape index (κ2) is 5.64. The minimum absolute atomic E-state index is 0.228. The molecule has 1 N–H and O–H groups in total. The molecule has 1 heterocycles. The van der Waals surface area contributed by atoms with Crippen molar-refractivity contribution in [2.75, 3.05) is 13.7 Å². The average molecular weight is 248 g/mol. The largest absolute Gasteiger partial charge is 0.508 e. The van der Waals surface area contributed by atoms with Crippen LogP contribution in [0.3, 0.4) is 0 Å². The summed E-state index contributed by atoms with van der Waals surface area (Å²) in [5.41, 5.74) is 1.54. The first-order chi connectivity index (χ1) is 8.70. The standard InChI is InChI=1S/C13H16N2O3/c1-9-5-6-10(8-11(9)16)13-14-12(15-18-13)4-3-7-17-2/h5-6,8,16H,3-4,7H2,1-2H3. The summed E-state index contributed by atoms with van der Waals surface area (Å²) in [6.07, 6.45) is 1.57. The molecule has 1 aromatic heterocycles. The number of hydrogen-bond donors (Lipinski definition) is 1. The van der Waals surface area contributed by atoms with E-state index in [2.05, 4.69) is 10.1 Å². The van der Waals surface area contributed by atoms with Crippen molar-refractivity contribution in [3.8, 4) is 17.2 Å². The van der Waals surface area contributed by atoms with Crippen molar-refractivity contribution < 1.29 is 14.4 Å². The lowest BCUT2D eigenvalue weighted by Crippen LogP contribution is -1.94. The molecular weight excluding hydrogens is 232 g/mol. The van der Waals surface area contributed by atoms with Crippen molar-refractivity contribution >= 4 is 0 Å². The molecule has 0 aliphatic rings. The van der Waals surface area contributed by atoms with Crippen molar-refractivity contribution in [1.82, 2.24) is 10.1 Å². The molecule has 2 rings (SSSR count). The molecule has 0 aliphatic carbocycles. The van der Waals surface area contributed by atoms with Crippen molar-refractivity contribution in [2.45, 2.75) is 19.8 Å². The van der Waals surface area contributed by atoms with E-state index in [4.69, 9.17) is 9.26 Å². The third-order valence-electron chi connectivity index (χ3n) is 2.67. The maximum absolute atomic E-state index is 9.64. The van der Waals surface area contributed by atoms with Crippen molar-refractivity contribution in [1.29, 1.82) is 0 Å². The first-order valence-electron chi connectivity index (χ1n) is 5.82. The van der Waals surface area contributed by atoms with E-state index in [0.29, 0.717) is 18.3 Å². The normalized spacial score (nSPS) is 10.8. The lowest BCUT2D eigenvalue weighted by molar-refractivity contribution is 0.194. The van der Waals surface area contributed by atoms with E-state index in [1.54, 1.807) is 13.2 Å². The number of aromatic hydroxyl groups is 1. The number of aromatic nitrogens is 2. The summed E-state index contributed by atoms with van der Waals surface area (Å²) in [7, 11) is 1.66. The van der Waals surface area contributed by atoms with Gasteiger partial charge in [0.15, 0.2) is 5.82 Å². The van der Waals surface area contributed by atoms with E-state index < -0.39 is 0 Å². The fourth-order valence-electron chi connectivity index (χ4n) is 1.59. The van der Waals surface area contributed by atoms with Gasteiger partial charge < -0.3 is 14.4 Å². The van der Waals surface area contributed by atoms with Crippen molar-refractivity contribution in [3.05, 3.63) is 29.6 Å². The molecular formula is C13H16N2O3. The van der Waals surface area contributed by atoms with Gasteiger partial charge in [-0.1, -0.05) is 11.2 Å². The summed E-state index contributed by atoms with van der Waals surface area (Å²) in [6.45, 7) is 2.51. The van der Waals surface area contributed by atoms with Crippen LogP contribution in [0, 0.1) is 6.92 Å². The molecule has 0 bridgehead atoms. The summed E-state index contributed by atoms with van der Waals surface area (Å²) in [4.78, 5) is 4.28. The Morgan fingerprint density at radius 1 is 1.39 bits per heavy atom. The fourth-order valence-corrected chi connectivity index (χ4v) is 1.59. The Labute approximate surface area is 105 Å². The smallest absolute Gasteiger partial charge is 0.258 e. The van der Waals surface area contributed by atoms with Gasteiger partial charge in [0, 0.05) is 25.7 Å². The lowest BCUT2D eigenvalue weighted by Gasteiger charge is -1.99. The van der Waals surface area contributed by atoms with Crippen LogP contribution in [0.15, 0.2) is 22.7 Å². The molecule has 0 unspecified atom stereocenters. The number of ether oxygens (including phenoxy) is 1. The zero-order chi connectivity index (χ0) is 13.0. The monoisotopic (exact) mass is 248 g/mol. The molecule has 0 saturated carbocycles. The minimum atomic E-state index is 0.228. The van der Waals surface area contributed by atoms with Gasteiger partial charge in [0.05, 0.1) is 0 Å². The van der Waals surface area contributed by atoms with Crippen molar-refractivity contribution in [2.24, 2.45) is 0 Å².